The summed E-state index contributed by atoms with van der Waals surface area (Å²) >= 11 is 0.909. The third kappa shape index (κ3) is 6.50. The van der Waals surface area contributed by atoms with E-state index in [1.165, 1.54) is 24.5 Å². The van der Waals surface area contributed by atoms with E-state index in [9.17, 15) is 13.7 Å². The van der Waals surface area contributed by atoms with Crippen LogP contribution >= 0.6 is 11.5 Å². The molecule has 0 amide bonds. The molecule has 2 heterocycles. The summed E-state index contributed by atoms with van der Waals surface area (Å²) in [4.78, 5) is 7.85. The van der Waals surface area contributed by atoms with E-state index in [0.29, 0.717) is 12.3 Å². The second-order valence-corrected chi connectivity index (χ2v) is 10.5. The van der Waals surface area contributed by atoms with Crippen LogP contribution in [0.3, 0.4) is 0 Å². The fourth-order valence-electron chi connectivity index (χ4n) is 3.80. The molecule has 0 radical (unpaired) electrons. The molecule has 0 aliphatic rings. The Kier molecular flexibility index (Phi) is 9.19. The van der Waals surface area contributed by atoms with Gasteiger partial charge in [-0.3, -0.25) is 9.71 Å². The summed E-state index contributed by atoms with van der Waals surface area (Å²) in [6.07, 6.45) is 4.62. The molecule has 5 rings (SSSR count). The molecular formula is C29H30N6O3S2. The Labute approximate surface area is 240 Å². The molecule has 40 heavy (non-hydrogen) atoms. The number of rotatable bonds is 8. The molecule has 0 saturated heterocycles. The Morgan fingerprint density at radius 3 is 2.42 bits per heavy atom. The lowest BCUT2D eigenvalue weighted by atomic mass is 9.97. The summed E-state index contributed by atoms with van der Waals surface area (Å²) in [5, 5.41) is 9.92. The first-order valence-corrected chi connectivity index (χ1v) is 14.6. The largest absolute Gasteiger partial charge is 0.455 e. The van der Waals surface area contributed by atoms with Gasteiger partial charge < -0.3 is 10.5 Å². The molecule has 0 saturated carbocycles. The minimum Gasteiger partial charge on any atom is -0.455 e. The topological polar surface area (TPSA) is 144 Å². The Balaban J connectivity index is 0.00000151. The van der Waals surface area contributed by atoms with Crippen LogP contribution in [0.4, 0.5) is 5.13 Å². The molecule has 0 fully saturated rings. The van der Waals surface area contributed by atoms with E-state index in [2.05, 4.69) is 19.1 Å². The number of ether oxygens (including phenoxy) is 1. The number of pyridine rings is 1. The van der Waals surface area contributed by atoms with Gasteiger partial charge >= 0.3 is 0 Å². The predicted octanol–water partition coefficient (Wildman–Crippen LogP) is 6.71. The first-order chi connectivity index (χ1) is 19.5. The highest BCUT2D eigenvalue weighted by atomic mass is 32.2. The fourth-order valence-corrected chi connectivity index (χ4v) is 5.48. The molecule has 9 nitrogen and oxygen atoms in total. The molecule has 0 atom stereocenters. The molecule has 3 aromatic carbocycles. The van der Waals surface area contributed by atoms with E-state index < -0.39 is 10.0 Å². The van der Waals surface area contributed by atoms with Gasteiger partial charge in [-0.05, 0) is 70.8 Å². The van der Waals surface area contributed by atoms with Gasteiger partial charge in [0.15, 0.2) is 0 Å². The summed E-state index contributed by atoms with van der Waals surface area (Å²) in [5.74, 6) is 0.713. The van der Waals surface area contributed by atoms with E-state index in [-0.39, 0.29) is 24.2 Å². The molecule has 206 valence electrons. The quantitative estimate of drug-likeness (QED) is 0.208. The minimum atomic E-state index is -3.96. The van der Waals surface area contributed by atoms with Crippen molar-refractivity contribution in [2.75, 3.05) is 4.72 Å². The second-order valence-electron chi connectivity index (χ2n) is 8.08. The number of nitriles is 1. The predicted molar refractivity (Wildman–Crippen MR) is 161 cm³/mol. The van der Waals surface area contributed by atoms with Crippen LogP contribution in [0.25, 0.3) is 22.3 Å². The molecule has 0 aliphatic heterocycles. The Morgan fingerprint density at radius 2 is 1.73 bits per heavy atom. The zero-order valence-electron chi connectivity index (χ0n) is 21.8. The van der Waals surface area contributed by atoms with Crippen molar-refractivity contribution in [2.24, 2.45) is 5.73 Å². The smallest absolute Gasteiger partial charge is 0.263 e. The van der Waals surface area contributed by atoms with Crippen LogP contribution in [0.1, 0.15) is 27.8 Å². The highest BCUT2D eigenvalue weighted by molar-refractivity contribution is 7.93. The van der Waals surface area contributed by atoms with E-state index in [1.807, 2.05) is 74.5 Å². The van der Waals surface area contributed by atoms with Crippen molar-refractivity contribution in [3.05, 3.63) is 103 Å². The van der Waals surface area contributed by atoms with Crippen LogP contribution in [-0.2, 0) is 16.6 Å². The molecule has 5 aromatic rings. The SMILES string of the molecule is CC.N#Cc1cc(S(=O)(=O)Nc2ncns2)ccc1Oc1ccc(-c2cccc(CN)c2)cc1-c1ccncc1.[HH].[HH]. The van der Waals surface area contributed by atoms with Crippen LogP contribution in [0.5, 0.6) is 11.5 Å². The maximum atomic E-state index is 12.8. The van der Waals surface area contributed by atoms with Gasteiger partial charge in [0.2, 0.25) is 5.13 Å². The Morgan fingerprint density at radius 1 is 0.975 bits per heavy atom. The number of hydrogen-bond acceptors (Lipinski definition) is 9. The van der Waals surface area contributed by atoms with Gasteiger partial charge in [0, 0.05) is 38.9 Å². The molecule has 0 aliphatic carbocycles. The van der Waals surface area contributed by atoms with Crippen LogP contribution in [0.2, 0.25) is 0 Å². The number of sulfonamides is 1. The number of nitrogens with zero attached hydrogens (tertiary/aromatic N) is 4. The third-order valence-electron chi connectivity index (χ3n) is 5.65. The van der Waals surface area contributed by atoms with Crippen molar-refractivity contribution < 1.29 is 16.0 Å². The van der Waals surface area contributed by atoms with Crippen molar-refractivity contribution in [1.82, 2.24) is 14.3 Å². The lowest BCUT2D eigenvalue weighted by molar-refractivity contribution is 0.482. The second kappa shape index (κ2) is 12.9. The lowest BCUT2D eigenvalue weighted by Gasteiger charge is -2.15. The maximum absolute atomic E-state index is 12.8. The van der Waals surface area contributed by atoms with Crippen molar-refractivity contribution in [3.8, 4) is 39.8 Å². The van der Waals surface area contributed by atoms with Gasteiger partial charge in [-0.25, -0.2) is 13.4 Å². The van der Waals surface area contributed by atoms with E-state index in [4.69, 9.17) is 10.5 Å². The standard InChI is InChI=1S/C27H20N6O3S2.C2H6.2H2/c28-15-18-2-1-3-20(12-18)21-4-6-26(24(14-21)19-8-10-30-11-9-19)36-25-7-5-23(13-22(25)16-29)38(34,35)33-27-31-17-32-37-27;1-2;;/h1-14,17H,15,28H2,(H,31,32,33);1-2H3;2*1H. The lowest BCUT2D eigenvalue weighted by Crippen LogP contribution is -2.13. The molecule has 0 bridgehead atoms. The van der Waals surface area contributed by atoms with Crippen molar-refractivity contribution in [1.29, 1.82) is 5.26 Å². The van der Waals surface area contributed by atoms with Crippen molar-refractivity contribution >= 4 is 26.7 Å². The average Bonchev–Trinajstić information content (AvgIpc) is 3.51. The summed E-state index contributed by atoms with van der Waals surface area (Å²) in [5.41, 5.74) is 10.5. The van der Waals surface area contributed by atoms with Gasteiger partial charge in [0.1, 0.15) is 23.9 Å². The zero-order chi connectivity index (χ0) is 28.5. The molecule has 3 N–H and O–H groups in total. The number of nitrogens with one attached hydrogen (secondary N) is 1. The third-order valence-corrected chi connectivity index (χ3v) is 7.70. The van der Waals surface area contributed by atoms with Gasteiger partial charge in [0.25, 0.3) is 10.0 Å². The fraction of sp³-hybridized carbons (Fsp3) is 0.103. The summed E-state index contributed by atoms with van der Waals surface area (Å²) in [6, 6.07) is 23.6. The molecule has 11 heteroatoms. The number of hydrogen-bond donors (Lipinski definition) is 2. The van der Waals surface area contributed by atoms with Gasteiger partial charge in [-0.1, -0.05) is 38.1 Å². The summed E-state index contributed by atoms with van der Waals surface area (Å²) < 4.78 is 37.8. The zero-order valence-corrected chi connectivity index (χ0v) is 23.4. The Bertz CT molecular complexity index is 1750. The molecule has 0 spiro atoms. The number of benzene rings is 3. The number of anilines is 1. The highest BCUT2D eigenvalue weighted by Gasteiger charge is 2.19. The van der Waals surface area contributed by atoms with Crippen LogP contribution in [-0.4, -0.2) is 22.8 Å². The highest BCUT2D eigenvalue weighted by Crippen LogP contribution is 2.38. The summed E-state index contributed by atoms with van der Waals surface area (Å²) in [7, 11) is -3.96. The van der Waals surface area contributed by atoms with Gasteiger partial charge in [0.05, 0.1) is 10.5 Å². The van der Waals surface area contributed by atoms with Crippen LogP contribution in [0.15, 0.2) is 96.4 Å². The van der Waals surface area contributed by atoms with Crippen LogP contribution < -0.4 is 15.2 Å². The van der Waals surface area contributed by atoms with Gasteiger partial charge in [-0.2, -0.15) is 9.64 Å². The Hall–Kier alpha value is -4.63. The molecule has 0 unspecified atom stereocenters. The normalized spacial score (nSPS) is 10.7. The first kappa shape index (κ1) is 28.4. The van der Waals surface area contributed by atoms with E-state index >= 15 is 0 Å². The first-order valence-electron chi connectivity index (χ1n) is 12.3. The molecule has 2 aromatic heterocycles. The van der Waals surface area contributed by atoms with Crippen LogP contribution in [0, 0.1) is 11.3 Å². The summed E-state index contributed by atoms with van der Waals surface area (Å²) in [6.45, 7) is 4.44. The van der Waals surface area contributed by atoms with E-state index in [1.54, 1.807) is 12.4 Å². The van der Waals surface area contributed by atoms with E-state index in [0.717, 1.165) is 39.3 Å². The number of nitrogens with two attached hydrogens (primary N) is 1. The molecular weight excluding hydrogens is 544 g/mol. The van der Waals surface area contributed by atoms with Crippen molar-refractivity contribution in [3.63, 3.8) is 0 Å². The average molecular weight is 575 g/mol. The monoisotopic (exact) mass is 574 g/mol. The van der Waals surface area contributed by atoms with Gasteiger partial charge in [-0.15, -0.1) is 0 Å². The number of aromatic nitrogens is 3. The van der Waals surface area contributed by atoms with Crippen molar-refractivity contribution in [2.45, 2.75) is 25.3 Å². The maximum Gasteiger partial charge on any atom is 0.263 e. The minimum absolute atomic E-state index is 0.